The number of alkyl carbamates (subject to hydrolysis) is 1. The van der Waals surface area contributed by atoms with Crippen LogP contribution in [0.25, 0.3) is 22.6 Å². The SMILES string of the molecule is CC(C)(C)OC(=O)NC(Cc1ccc(COC(=O)c2ccc3nc(-c4cc(Cl)cc(Cl)c4)oc3c2)cc1)C(=O)OCc1ccccc1. The van der Waals surface area contributed by atoms with Crippen LogP contribution in [0.15, 0.2) is 95.4 Å². The van der Waals surface area contributed by atoms with Gasteiger partial charge in [0.05, 0.1) is 5.56 Å². The van der Waals surface area contributed by atoms with Gasteiger partial charge in [0.1, 0.15) is 30.4 Å². The maximum atomic E-state index is 13.0. The lowest BCUT2D eigenvalue weighted by Crippen LogP contribution is -2.45. The number of ether oxygens (including phenoxy) is 3. The number of esters is 2. The van der Waals surface area contributed by atoms with Crippen molar-refractivity contribution in [3.05, 3.63) is 123 Å². The second-order valence-corrected chi connectivity index (χ2v) is 12.6. The second kappa shape index (κ2) is 14.7. The summed E-state index contributed by atoms with van der Waals surface area (Å²) in [6.07, 6.45) is -0.565. The van der Waals surface area contributed by atoms with Gasteiger partial charge in [0.25, 0.3) is 0 Å². The quantitative estimate of drug-likeness (QED) is 0.116. The highest BCUT2D eigenvalue weighted by Gasteiger charge is 2.26. The Morgan fingerprint density at radius 2 is 1.45 bits per heavy atom. The van der Waals surface area contributed by atoms with Crippen molar-refractivity contribution in [3.8, 4) is 11.5 Å². The second-order valence-electron chi connectivity index (χ2n) is 11.7. The van der Waals surface area contributed by atoms with Gasteiger partial charge in [-0.3, -0.25) is 0 Å². The topological polar surface area (TPSA) is 117 Å². The van der Waals surface area contributed by atoms with Crippen LogP contribution in [0.3, 0.4) is 0 Å². The summed E-state index contributed by atoms with van der Waals surface area (Å²) in [4.78, 5) is 42.8. The third-order valence-corrected chi connectivity index (χ3v) is 7.20. The third-order valence-electron chi connectivity index (χ3n) is 6.77. The number of nitrogens with one attached hydrogen (secondary N) is 1. The first kappa shape index (κ1) is 33.5. The van der Waals surface area contributed by atoms with Crippen LogP contribution in [0.1, 0.15) is 47.8 Å². The first-order valence-corrected chi connectivity index (χ1v) is 15.5. The van der Waals surface area contributed by atoms with Gasteiger partial charge >= 0.3 is 18.0 Å². The van der Waals surface area contributed by atoms with Gasteiger partial charge in [-0.05, 0) is 73.9 Å². The van der Waals surface area contributed by atoms with E-state index in [2.05, 4.69) is 10.3 Å². The number of oxazole rings is 1. The number of fused-ring (bicyclic) bond motifs is 1. The first-order valence-electron chi connectivity index (χ1n) is 14.7. The molecule has 5 rings (SSSR count). The predicted molar refractivity (Wildman–Crippen MR) is 178 cm³/mol. The maximum Gasteiger partial charge on any atom is 0.408 e. The third kappa shape index (κ3) is 9.57. The van der Waals surface area contributed by atoms with Crippen molar-refractivity contribution < 1.29 is 33.0 Å². The van der Waals surface area contributed by atoms with Gasteiger partial charge in [-0.2, -0.15) is 0 Å². The molecule has 0 saturated carbocycles. The van der Waals surface area contributed by atoms with Crippen molar-refractivity contribution in [2.24, 2.45) is 0 Å². The zero-order valence-corrected chi connectivity index (χ0v) is 27.4. The Bertz CT molecular complexity index is 1860. The molecule has 1 amide bonds. The van der Waals surface area contributed by atoms with Gasteiger partial charge < -0.3 is 23.9 Å². The van der Waals surface area contributed by atoms with E-state index in [1.807, 2.05) is 30.3 Å². The first-order chi connectivity index (χ1) is 22.4. The summed E-state index contributed by atoms with van der Waals surface area (Å²) in [5.74, 6) is -0.810. The molecule has 0 radical (unpaired) electrons. The number of halogens is 2. The van der Waals surface area contributed by atoms with E-state index < -0.39 is 29.7 Å². The van der Waals surface area contributed by atoms with Crippen LogP contribution in [0, 0.1) is 0 Å². The monoisotopic (exact) mass is 674 g/mol. The maximum absolute atomic E-state index is 13.0. The van der Waals surface area contributed by atoms with E-state index in [9.17, 15) is 14.4 Å². The molecule has 1 aromatic heterocycles. The minimum Gasteiger partial charge on any atom is -0.459 e. The molecule has 0 aliphatic heterocycles. The van der Waals surface area contributed by atoms with E-state index in [0.29, 0.717) is 38.2 Å². The van der Waals surface area contributed by atoms with Crippen molar-refractivity contribution in [1.82, 2.24) is 10.3 Å². The van der Waals surface area contributed by atoms with Crippen LogP contribution >= 0.6 is 23.2 Å². The number of hydrogen-bond donors (Lipinski definition) is 1. The summed E-state index contributed by atoms with van der Waals surface area (Å²) in [6.45, 7) is 5.30. The minimum atomic E-state index is -0.986. The molecule has 1 unspecified atom stereocenters. The minimum absolute atomic E-state index is 0.0124. The zero-order chi connectivity index (χ0) is 33.6. The van der Waals surface area contributed by atoms with Gasteiger partial charge in [-0.25, -0.2) is 19.4 Å². The van der Waals surface area contributed by atoms with Crippen molar-refractivity contribution in [2.45, 2.75) is 52.0 Å². The summed E-state index contributed by atoms with van der Waals surface area (Å²) < 4.78 is 22.2. The zero-order valence-electron chi connectivity index (χ0n) is 25.9. The Kier molecular flexibility index (Phi) is 10.5. The summed E-state index contributed by atoms with van der Waals surface area (Å²) in [5.41, 5.74) is 3.45. The molecule has 0 aliphatic carbocycles. The lowest BCUT2D eigenvalue weighted by Gasteiger charge is -2.23. The van der Waals surface area contributed by atoms with Crippen molar-refractivity contribution >= 4 is 52.3 Å². The van der Waals surface area contributed by atoms with Crippen molar-refractivity contribution in [3.63, 3.8) is 0 Å². The number of rotatable bonds is 10. The highest BCUT2D eigenvalue weighted by molar-refractivity contribution is 6.35. The average Bonchev–Trinajstić information content (AvgIpc) is 3.46. The Hall–Kier alpha value is -4.86. The van der Waals surface area contributed by atoms with Gasteiger partial charge in [0.2, 0.25) is 5.89 Å². The smallest absolute Gasteiger partial charge is 0.408 e. The standard InChI is InChI=1S/C36H32Cl2N2O7/c1-36(2,3)47-35(43)40-30(34(42)45-20-23-7-5-4-6-8-23)15-22-9-11-24(12-10-22)21-44-33(41)25-13-14-29-31(18-25)46-32(39-29)26-16-27(37)19-28(38)17-26/h4-14,16-19,30H,15,20-21H2,1-3H3,(H,40,43). The van der Waals surface area contributed by atoms with Crippen molar-refractivity contribution in [1.29, 1.82) is 0 Å². The summed E-state index contributed by atoms with van der Waals surface area (Å²) >= 11 is 12.2. The molecule has 0 saturated heterocycles. The number of benzene rings is 4. The highest BCUT2D eigenvalue weighted by atomic mass is 35.5. The molecule has 11 heteroatoms. The summed E-state index contributed by atoms with van der Waals surface area (Å²) in [6, 6.07) is 25.3. The van der Waals surface area contributed by atoms with Gasteiger partial charge in [0, 0.05) is 22.0 Å². The number of hydrogen-bond acceptors (Lipinski definition) is 8. The fraction of sp³-hybridized carbons (Fsp3) is 0.222. The molecule has 242 valence electrons. The molecular weight excluding hydrogens is 643 g/mol. The normalized spacial score (nSPS) is 11.9. The molecule has 0 spiro atoms. The number of carbonyl (C=O) groups is 3. The fourth-order valence-electron chi connectivity index (χ4n) is 4.56. The van der Waals surface area contributed by atoms with Crippen LogP contribution in [0.4, 0.5) is 4.79 Å². The van der Waals surface area contributed by atoms with E-state index in [1.165, 1.54) is 0 Å². The van der Waals surface area contributed by atoms with E-state index in [-0.39, 0.29) is 19.6 Å². The molecule has 1 N–H and O–H groups in total. The number of amides is 1. The van der Waals surface area contributed by atoms with Gasteiger partial charge in [-0.1, -0.05) is 77.8 Å². The molecule has 47 heavy (non-hydrogen) atoms. The Labute approximate surface area is 281 Å². The van der Waals surface area contributed by atoms with Gasteiger partial charge in [-0.15, -0.1) is 0 Å². The summed E-state index contributed by atoms with van der Waals surface area (Å²) in [5, 5.41) is 3.53. The Morgan fingerprint density at radius 1 is 0.809 bits per heavy atom. The van der Waals surface area contributed by atoms with Crippen LogP contribution in [-0.2, 0) is 38.6 Å². The molecule has 4 aromatic carbocycles. The Morgan fingerprint density at radius 3 is 2.13 bits per heavy atom. The largest absolute Gasteiger partial charge is 0.459 e. The number of aromatic nitrogens is 1. The highest BCUT2D eigenvalue weighted by Crippen LogP contribution is 2.30. The summed E-state index contributed by atoms with van der Waals surface area (Å²) in [7, 11) is 0. The molecule has 9 nitrogen and oxygen atoms in total. The molecule has 1 atom stereocenters. The van der Waals surface area contributed by atoms with E-state index >= 15 is 0 Å². The molecule has 5 aromatic rings. The number of nitrogens with zero attached hydrogens (tertiary/aromatic N) is 1. The van der Waals surface area contributed by atoms with Crippen LogP contribution in [-0.4, -0.2) is 34.7 Å². The molecule has 0 aliphatic rings. The molecule has 0 fully saturated rings. The van der Waals surface area contributed by atoms with Gasteiger partial charge in [0.15, 0.2) is 5.58 Å². The van der Waals surface area contributed by atoms with Crippen LogP contribution in [0.2, 0.25) is 10.0 Å². The molecular formula is C36H32Cl2N2O7. The van der Waals surface area contributed by atoms with Crippen LogP contribution < -0.4 is 5.32 Å². The predicted octanol–water partition coefficient (Wildman–Crippen LogP) is 8.34. The lowest BCUT2D eigenvalue weighted by molar-refractivity contribution is -0.147. The molecule has 1 heterocycles. The van der Waals surface area contributed by atoms with E-state index in [4.69, 9.17) is 41.8 Å². The average molecular weight is 676 g/mol. The van der Waals surface area contributed by atoms with Crippen molar-refractivity contribution in [2.75, 3.05) is 0 Å². The van der Waals surface area contributed by atoms with E-state index in [1.54, 1.807) is 81.4 Å². The Balaban J connectivity index is 1.20. The fourth-order valence-corrected chi connectivity index (χ4v) is 5.09. The van der Waals surface area contributed by atoms with Crippen LogP contribution in [0.5, 0.6) is 0 Å². The van der Waals surface area contributed by atoms with E-state index in [0.717, 1.165) is 16.7 Å². The lowest BCUT2D eigenvalue weighted by atomic mass is 10.0. The molecule has 0 bridgehead atoms. The number of carbonyl (C=O) groups excluding carboxylic acids is 3.